The van der Waals surface area contributed by atoms with Gasteiger partial charge in [0.1, 0.15) is 23.8 Å². The van der Waals surface area contributed by atoms with E-state index in [4.69, 9.17) is 16.3 Å². The number of aliphatic hydroxyl groups excluding tert-OH is 1. The lowest BCUT2D eigenvalue weighted by Crippen LogP contribution is -2.23. The number of hydrogen-bond donors (Lipinski definition) is 1. The van der Waals surface area contributed by atoms with E-state index >= 15 is 0 Å². The Morgan fingerprint density at radius 3 is 2.71 bits per heavy atom. The summed E-state index contributed by atoms with van der Waals surface area (Å²) in [6, 6.07) is 6.47. The summed E-state index contributed by atoms with van der Waals surface area (Å²) < 4.78 is 22.4. The molecule has 2 aromatic heterocycles. The number of rotatable bonds is 7. The van der Waals surface area contributed by atoms with E-state index in [0.29, 0.717) is 12.1 Å². The Hall–Kier alpha value is -2.07. The van der Waals surface area contributed by atoms with Crippen LogP contribution in [0.3, 0.4) is 0 Å². The summed E-state index contributed by atoms with van der Waals surface area (Å²) in [6.07, 6.45) is 0. The van der Waals surface area contributed by atoms with Crippen LogP contribution >= 0.6 is 11.6 Å². The predicted octanol–water partition coefficient (Wildman–Crippen LogP) is 3.18. The maximum atomic E-state index is 14.3. The molecule has 0 saturated carbocycles. The fraction of sp³-hybridized carbons (Fsp3) is 0.389. The van der Waals surface area contributed by atoms with Gasteiger partial charge in [-0.1, -0.05) is 43.4 Å². The van der Waals surface area contributed by atoms with Crippen molar-refractivity contribution in [2.45, 2.75) is 39.0 Å². The first-order valence-corrected chi connectivity index (χ1v) is 12.9. The minimum Gasteiger partial charge on any atom is -0.392 e. The van der Waals surface area contributed by atoms with Crippen LogP contribution in [0.15, 0.2) is 29.1 Å². The van der Waals surface area contributed by atoms with Gasteiger partial charge in [0.05, 0.1) is 12.1 Å². The molecule has 0 spiro atoms. The first-order chi connectivity index (χ1) is 13.2. The number of benzene rings is 1. The quantitative estimate of drug-likeness (QED) is 0.465. The third kappa shape index (κ3) is 4.32. The van der Waals surface area contributed by atoms with Gasteiger partial charge in [-0.3, -0.25) is 4.79 Å². The topological polar surface area (TPSA) is 82.2 Å². The number of hydrogen-bond acceptors (Lipinski definition) is 5. The lowest BCUT2D eigenvalue weighted by molar-refractivity contribution is 0.0817. The molecule has 0 amide bonds. The van der Waals surface area contributed by atoms with E-state index < -0.39 is 26.1 Å². The average molecular weight is 425 g/mol. The molecule has 1 aromatic carbocycles. The molecule has 10 heteroatoms. The number of nitrogens with zero attached hydrogens (tertiary/aromatic N) is 4. The van der Waals surface area contributed by atoms with Gasteiger partial charge >= 0.3 is 0 Å². The highest BCUT2D eigenvalue weighted by atomic mass is 35.5. The molecule has 0 atom stereocenters. The SMILES string of the molecule is C[Si](C)(C)CCOCn1nc(Cl)c2nn(-c3c(F)cccc3CO)c(=O)cc21. The molecular weight excluding hydrogens is 403 g/mol. The summed E-state index contributed by atoms with van der Waals surface area (Å²) in [4.78, 5) is 12.6. The molecule has 0 unspecified atom stereocenters. The van der Waals surface area contributed by atoms with Gasteiger partial charge in [0.15, 0.2) is 5.15 Å². The highest BCUT2D eigenvalue weighted by Crippen LogP contribution is 2.22. The molecule has 0 aliphatic carbocycles. The van der Waals surface area contributed by atoms with E-state index in [2.05, 4.69) is 29.8 Å². The minimum absolute atomic E-state index is 0.0828. The lowest BCUT2D eigenvalue weighted by Gasteiger charge is -2.15. The summed E-state index contributed by atoms with van der Waals surface area (Å²) >= 11 is 6.19. The third-order valence-electron chi connectivity index (χ3n) is 4.26. The van der Waals surface area contributed by atoms with E-state index in [0.717, 1.165) is 10.7 Å². The largest absolute Gasteiger partial charge is 0.392 e. The van der Waals surface area contributed by atoms with Crippen LogP contribution in [0.4, 0.5) is 4.39 Å². The van der Waals surface area contributed by atoms with Crippen LogP contribution in [-0.2, 0) is 18.1 Å². The Kier molecular flexibility index (Phi) is 5.99. The molecule has 7 nitrogen and oxygen atoms in total. The fourth-order valence-corrected chi connectivity index (χ4v) is 3.69. The van der Waals surface area contributed by atoms with E-state index in [1.807, 2.05) is 0 Å². The number of aromatic nitrogens is 4. The molecular formula is C18H22ClFN4O3Si. The standard InChI is InChI=1S/C18H22ClFN4O3Si/c1-28(2,3)8-7-27-11-23-14-9-15(26)24(21-16(14)18(19)22-23)17-12(10-25)5-4-6-13(17)20/h4-6,9,25H,7-8,10-11H2,1-3H3. The van der Waals surface area contributed by atoms with Crippen molar-refractivity contribution in [3.63, 3.8) is 0 Å². The zero-order chi connectivity index (χ0) is 20.5. The predicted molar refractivity (Wildman–Crippen MR) is 108 cm³/mol. The molecule has 0 aliphatic heterocycles. The van der Waals surface area contributed by atoms with E-state index in [1.165, 1.54) is 28.9 Å². The van der Waals surface area contributed by atoms with Gasteiger partial charge in [0.25, 0.3) is 5.56 Å². The highest BCUT2D eigenvalue weighted by Gasteiger charge is 2.18. The van der Waals surface area contributed by atoms with Gasteiger partial charge in [-0.15, -0.1) is 0 Å². The molecule has 0 radical (unpaired) electrons. The van der Waals surface area contributed by atoms with Crippen LogP contribution in [0.1, 0.15) is 5.56 Å². The van der Waals surface area contributed by atoms with Crippen molar-refractivity contribution in [2.24, 2.45) is 0 Å². The van der Waals surface area contributed by atoms with Crippen molar-refractivity contribution >= 4 is 30.7 Å². The molecule has 0 fully saturated rings. The molecule has 28 heavy (non-hydrogen) atoms. The summed E-state index contributed by atoms with van der Waals surface area (Å²) in [6.45, 7) is 7.07. The van der Waals surface area contributed by atoms with Gasteiger partial charge in [-0.05, 0) is 12.1 Å². The molecule has 0 saturated heterocycles. The van der Waals surface area contributed by atoms with Crippen LogP contribution in [0.5, 0.6) is 0 Å². The van der Waals surface area contributed by atoms with Gasteiger partial charge in [-0.25, -0.2) is 9.07 Å². The first-order valence-electron chi connectivity index (χ1n) is 8.84. The zero-order valence-electron chi connectivity index (χ0n) is 15.9. The normalized spacial score (nSPS) is 12.1. The monoisotopic (exact) mass is 424 g/mol. The Balaban J connectivity index is 1.97. The number of aliphatic hydroxyl groups is 1. The van der Waals surface area contributed by atoms with Crippen molar-refractivity contribution in [3.05, 3.63) is 51.2 Å². The maximum absolute atomic E-state index is 14.3. The number of ether oxygens (including phenoxy) is 1. The Morgan fingerprint density at radius 1 is 1.29 bits per heavy atom. The second kappa shape index (κ2) is 8.12. The molecule has 0 bridgehead atoms. The van der Waals surface area contributed by atoms with Crippen molar-refractivity contribution < 1.29 is 14.2 Å². The second-order valence-corrected chi connectivity index (χ2v) is 13.7. The van der Waals surface area contributed by atoms with Gasteiger partial charge in [-0.2, -0.15) is 14.9 Å². The van der Waals surface area contributed by atoms with Crippen LogP contribution in [-0.4, -0.2) is 39.3 Å². The van der Waals surface area contributed by atoms with Gasteiger partial charge in [0.2, 0.25) is 0 Å². The van der Waals surface area contributed by atoms with Crippen LogP contribution in [0.2, 0.25) is 30.8 Å². The third-order valence-corrected chi connectivity index (χ3v) is 6.21. The van der Waals surface area contributed by atoms with E-state index in [9.17, 15) is 14.3 Å². The maximum Gasteiger partial charge on any atom is 0.273 e. The molecule has 1 N–H and O–H groups in total. The van der Waals surface area contributed by atoms with Gasteiger partial charge in [0, 0.05) is 26.3 Å². The van der Waals surface area contributed by atoms with Crippen molar-refractivity contribution in [3.8, 4) is 5.69 Å². The van der Waals surface area contributed by atoms with Gasteiger partial charge < -0.3 is 9.84 Å². The van der Waals surface area contributed by atoms with Crippen molar-refractivity contribution in [2.75, 3.05) is 6.61 Å². The summed E-state index contributed by atoms with van der Waals surface area (Å²) in [7, 11) is -1.21. The first kappa shape index (κ1) is 20.7. The Morgan fingerprint density at radius 2 is 2.04 bits per heavy atom. The van der Waals surface area contributed by atoms with Crippen molar-refractivity contribution in [1.29, 1.82) is 0 Å². The van der Waals surface area contributed by atoms with Crippen LogP contribution < -0.4 is 5.56 Å². The summed E-state index contributed by atoms with van der Waals surface area (Å²) in [5.41, 5.74) is 0.231. The minimum atomic E-state index is -1.21. The molecule has 0 aliphatic rings. The smallest absolute Gasteiger partial charge is 0.273 e. The van der Waals surface area contributed by atoms with Crippen molar-refractivity contribution in [1.82, 2.24) is 19.6 Å². The molecule has 2 heterocycles. The summed E-state index contributed by atoms with van der Waals surface area (Å²) in [5, 5.41) is 17.9. The molecule has 150 valence electrons. The number of para-hydroxylation sites is 1. The zero-order valence-corrected chi connectivity index (χ0v) is 17.7. The summed E-state index contributed by atoms with van der Waals surface area (Å²) in [5.74, 6) is -0.668. The Bertz CT molecular complexity index is 1060. The lowest BCUT2D eigenvalue weighted by atomic mass is 10.2. The van der Waals surface area contributed by atoms with E-state index in [1.54, 1.807) is 0 Å². The molecule has 3 rings (SSSR count). The number of halogens is 2. The molecule has 3 aromatic rings. The average Bonchev–Trinajstić information content (AvgIpc) is 2.92. The highest BCUT2D eigenvalue weighted by molar-refractivity contribution is 6.76. The van der Waals surface area contributed by atoms with E-state index in [-0.39, 0.29) is 28.7 Å². The van der Waals surface area contributed by atoms with Crippen LogP contribution in [0, 0.1) is 5.82 Å². The Labute approximate surface area is 167 Å². The fourth-order valence-electron chi connectivity index (χ4n) is 2.71. The number of fused-ring (bicyclic) bond motifs is 1. The van der Waals surface area contributed by atoms with Crippen LogP contribution in [0.25, 0.3) is 16.7 Å². The second-order valence-electron chi connectivity index (χ2n) is 7.67.